The maximum Gasteiger partial charge on any atom is 0.258 e. The number of fused-ring (bicyclic) bond motifs is 1. The van der Waals surface area contributed by atoms with Crippen molar-refractivity contribution >= 4 is 34.0 Å². The molecule has 0 bridgehead atoms. The van der Waals surface area contributed by atoms with E-state index in [4.69, 9.17) is 0 Å². The van der Waals surface area contributed by atoms with Gasteiger partial charge < -0.3 is 5.32 Å². The van der Waals surface area contributed by atoms with Crippen LogP contribution < -0.4 is 10.9 Å². The molecule has 2 aromatic rings. The number of hydrogen-bond donors (Lipinski definition) is 1. The molecule has 0 atom stereocenters. The SMILES string of the molecule is Cc1cc(=O)n2c(CCNC(=O)CSC3CCCC3)csc2n1. The number of aromatic nitrogens is 2. The van der Waals surface area contributed by atoms with Gasteiger partial charge in [-0.3, -0.25) is 14.0 Å². The van der Waals surface area contributed by atoms with Gasteiger partial charge in [0.05, 0.1) is 5.75 Å². The second kappa shape index (κ2) is 7.49. The molecular formula is C16H21N3O2S2. The predicted octanol–water partition coefficient (Wildman–Crippen LogP) is 2.40. The van der Waals surface area contributed by atoms with E-state index < -0.39 is 0 Å². The zero-order chi connectivity index (χ0) is 16.2. The van der Waals surface area contributed by atoms with Crippen molar-refractivity contribution in [2.75, 3.05) is 12.3 Å². The highest BCUT2D eigenvalue weighted by atomic mass is 32.2. The highest BCUT2D eigenvalue weighted by Crippen LogP contribution is 2.29. The summed E-state index contributed by atoms with van der Waals surface area (Å²) in [6, 6.07) is 1.54. The third kappa shape index (κ3) is 4.14. The quantitative estimate of drug-likeness (QED) is 0.868. The summed E-state index contributed by atoms with van der Waals surface area (Å²) in [5.41, 5.74) is 1.60. The van der Waals surface area contributed by atoms with Crippen LogP contribution in [0.25, 0.3) is 4.96 Å². The van der Waals surface area contributed by atoms with Crippen LogP contribution in [0, 0.1) is 6.92 Å². The van der Waals surface area contributed by atoms with Crippen molar-refractivity contribution in [2.45, 2.75) is 44.3 Å². The largest absolute Gasteiger partial charge is 0.355 e. The smallest absolute Gasteiger partial charge is 0.258 e. The number of thioether (sulfide) groups is 1. The molecular weight excluding hydrogens is 330 g/mol. The van der Waals surface area contributed by atoms with Crippen LogP contribution in [0.15, 0.2) is 16.2 Å². The van der Waals surface area contributed by atoms with Crippen molar-refractivity contribution < 1.29 is 4.79 Å². The highest BCUT2D eigenvalue weighted by molar-refractivity contribution is 8.00. The molecule has 1 saturated carbocycles. The van der Waals surface area contributed by atoms with Crippen molar-refractivity contribution in [2.24, 2.45) is 0 Å². The Morgan fingerprint density at radius 3 is 3.04 bits per heavy atom. The number of rotatable bonds is 6. The molecule has 124 valence electrons. The Bertz CT molecular complexity index is 747. The molecule has 2 heterocycles. The summed E-state index contributed by atoms with van der Waals surface area (Å²) >= 11 is 3.23. The van der Waals surface area contributed by atoms with Crippen molar-refractivity contribution in [3.63, 3.8) is 0 Å². The fraction of sp³-hybridized carbons (Fsp3) is 0.562. The molecule has 1 fully saturated rings. The monoisotopic (exact) mass is 351 g/mol. The van der Waals surface area contributed by atoms with Crippen LogP contribution in [0.4, 0.5) is 0 Å². The molecule has 3 rings (SSSR count). The van der Waals surface area contributed by atoms with Crippen LogP contribution in [0.2, 0.25) is 0 Å². The third-order valence-corrected chi connectivity index (χ3v) is 6.31. The molecule has 1 amide bonds. The van der Waals surface area contributed by atoms with Crippen LogP contribution in [0.5, 0.6) is 0 Å². The summed E-state index contributed by atoms with van der Waals surface area (Å²) in [5, 5.41) is 5.56. The van der Waals surface area contributed by atoms with E-state index in [0.717, 1.165) is 11.4 Å². The van der Waals surface area contributed by atoms with Crippen LogP contribution in [-0.2, 0) is 11.2 Å². The molecule has 0 radical (unpaired) electrons. The van der Waals surface area contributed by atoms with Gasteiger partial charge in [0.2, 0.25) is 5.91 Å². The lowest BCUT2D eigenvalue weighted by molar-refractivity contribution is -0.118. The summed E-state index contributed by atoms with van der Waals surface area (Å²) in [5.74, 6) is 0.623. The third-order valence-electron chi connectivity index (χ3n) is 4.06. The van der Waals surface area contributed by atoms with E-state index in [1.807, 2.05) is 12.3 Å². The topological polar surface area (TPSA) is 63.5 Å². The molecule has 0 aliphatic heterocycles. The number of carbonyl (C=O) groups excluding carboxylic acids is 1. The van der Waals surface area contributed by atoms with Crippen LogP contribution in [0.1, 0.15) is 37.1 Å². The van der Waals surface area contributed by atoms with Crippen molar-refractivity contribution in [3.8, 4) is 0 Å². The van der Waals surface area contributed by atoms with Gasteiger partial charge in [-0.2, -0.15) is 0 Å². The van der Waals surface area contributed by atoms with Crippen molar-refractivity contribution in [1.82, 2.24) is 14.7 Å². The van der Waals surface area contributed by atoms with Gasteiger partial charge in [0.25, 0.3) is 5.56 Å². The minimum Gasteiger partial charge on any atom is -0.355 e. The standard InChI is InChI=1S/C16H21N3O2S2/c1-11-8-15(21)19-12(9-23-16(19)18-11)6-7-17-14(20)10-22-13-4-2-3-5-13/h8-9,13H,2-7,10H2,1H3,(H,17,20). The minimum absolute atomic E-state index is 0.0492. The average molecular weight is 351 g/mol. The summed E-state index contributed by atoms with van der Waals surface area (Å²) in [7, 11) is 0. The number of carbonyl (C=O) groups is 1. The number of nitrogens with one attached hydrogen (secondary N) is 1. The van der Waals surface area contributed by atoms with E-state index in [9.17, 15) is 9.59 Å². The Hall–Kier alpha value is -1.34. The Kier molecular flexibility index (Phi) is 5.38. The number of amides is 1. The van der Waals surface area contributed by atoms with Crippen molar-refractivity contribution in [1.29, 1.82) is 0 Å². The van der Waals surface area contributed by atoms with E-state index in [1.165, 1.54) is 37.0 Å². The zero-order valence-corrected chi connectivity index (χ0v) is 14.8. The molecule has 1 aliphatic rings. The van der Waals surface area contributed by atoms with Gasteiger partial charge >= 0.3 is 0 Å². The molecule has 5 nitrogen and oxygen atoms in total. The van der Waals surface area contributed by atoms with Gasteiger partial charge in [0, 0.05) is 41.0 Å². The molecule has 0 unspecified atom stereocenters. The van der Waals surface area contributed by atoms with Gasteiger partial charge in [-0.1, -0.05) is 12.8 Å². The lowest BCUT2D eigenvalue weighted by Gasteiger charge is -2.09. The summed E-state index contributed by atoms with van der Waals surface area (Å²) in [6.07, 6.45) is 5.73. The molecule has 0 saturated heterocycles. The maximum atomic E-state index is 12.1. The summed E-state index contributed by atoms with van der Waals surface area (Å²) in [6.45, 7) is 2.37. The minimum atomic E-state index is -0.0492. The number of nitrogens with zero attached hydrogens (tertiary/aromatic N) is 2. The van der Waals surface area contributed by atoms with Gasteiger partial charge in [-0.25, -0.2) is 4.98 Å². The normalized spacial score (nSPS) is 15.3. The average Bonchev–Trinajstić information content (AvgIpc) is 3.15. The van der Waals surface area contributed by atoms with Gasteiger partial charge in [-0.05, 0) is 19.8 Å². The van der Waals surface area contributed by atoms with E-state index in [0.29, 0.717) is 28.9 Å². The Balaban J connectivity index is 1.50. The highest BCUT2D eigenvalue weighted by Gasteiger charge is 2.16. The van der Waals surface area contributed by atoms with Crippen LogP contribution in [-0.4, -0.2) is 32.8 Å². The molecule has 2 aromatic heterocycles. The molecule has 0 aromatic carbocycles. The van der Waals surface area contributed by atoms with E-state index in [-0.39, 0.29) is 11.5 Å². The first-order valence-corrected chi connectivity index (χ1v) is 9.91. The fourth-order valence-corrected chi connectivity index (χ4v) is 5.02. The van der Waals surface area contributed by atoms with Crippen LogP contribution in [0.3, 0.4) is 0 Å². The number of thiazole rings is 1. The molecule has 1 aliphatic carbocycles. The summed E-state index contributed by atoms with van der Waals surface area (Å²) in [4.78, 5) is 29.0. The molecule has 7 heteroatoms. The predicted molar refractivity (Wildman–Crippen MR) is 95.5 cm³/mol. The molecule has 1 N–H and O–H groups in total. The second-order valence-corrected chi connectivity index (χ2v) is 8.02. The number of hydrogen-bond acceptors (Lipinski definition) is 5. The first-order valence-electron chi connectivity index (χ1n) is 7.98. The van der Waals surface area contributed by atoms with Crippen LogP contribution >= 0.6 is 23.1 Å². The van der Waals surface area contributed by atoms with Gasteiger partial charge in [-0.15, -0.1) is 23.1 Å². The first kappa shape index (κ1) is 16.5. The number of aryl methyl sites for hydroxylation is 1. The van der Waals surface area contributed by atoms with Gasteiger partial charge in [0.15, 0.2) is 4.96 Å². The molecule has 0 spiro atoms. The van der Waals surface area contributed by atoms with E-state index >= 15 is 0 Å². The summed E-state index contributed by atoms with van der Waals surface area (Å²) < 4.78 is 1.64. The Labute approximate surface area is 143 Å². The first-order chi connectivity index (χ1) is 11.1. The van der Waals surface area contributed by atoms with Gasteiger partial charge in [0.1, 0.15) is 0 Å². The molecule has 23 heavy (non-hydrogen) atoms. The second-order valence-electron chi connectivity index (χ2n) is 5.90. The van der Waals surface area contributed by atoms with E-state index in [1.54, 1.807) is 22.2 Å². The zero-order valence-electron chi connectivity index (χ0n) is 13.2. The fourth-order valence-electron chi connectivity index (χ4n) is 2.89. The van der Waals surface area contributed by atoms with E-state index in [2.05, 4.69) is 10.3 Å². The lowest BCUT2D eigenvalue weighted by atomic mass is 10.3. The maximum absolute atomic E-state index is 12.1. The lowest BCUT2D eigenvalue weighted by Crippen LogP contribution is -2.28. The Morgan fingerprint density at radius 2 is 2.26 bits per heavy atom. The van der Waals surface area contributed by atoms with Crippen molar-refractivity contribution in [3.05, 3.63) is 33.2 Å². The Morgan fingerprint density at radius 1 is 1.48 bits per heavy atom.